The fourth-order valence-electron chi connectivity index (χ4n) is 4.65. The van der Waals surface area contributed by atoms with E-state index in [1.54, 1.807) is 29.7 Å². The van der Waals surface area contributed by atoms with Gasteiger partial charge in [0.25, 0.3) is 5.69 Å². The van der Waals surface area contributed by atoms with E-state index in [-0.39, 0.29) is 24.4 Å². The Morgan fingerprint density at radius 2 is 1.71 bits per heavy atom. The minimum atomic E-state index is -1.33. The monoisotopic (exact) mass is 470 g/mol. The van der Waals surface area contributed by atoms with Gasteiger partial charge in [-0.2, -0.15) is 0 Å². The fraction of sp³-hybridized carbons (Fsp3) is 0.192. The van der Waals surface area contributed by atoms with Gasteiger partial charge in [0.2, 0.25) is 11.9 Å². The third-order valence-corrected chi connectivity index (χ3v) is 6.12. The molecular formula is C26H22N4O5. The Bertz CT molecular complexity index is 1430. The molecule has 0 saturated carbocycles. The first kappa shape index (κ1) is 22.3. The van der Waals surface area contributed by atoms with Crippen LogP contribution in [-0.4, -0.2) is 33.0 Å². The van der Waals surface area contributed by atoms with Gasteiger partial charge in [0, 0.05) is 6.07 Å². The molecule has 3 aromatic carbocycles. The van der Waals surface area contributed by atoms with Gasteiger partial charge in [-0.1, -0.05) is 60.7 Å². The van der Waals surface area contributed by atoms with E-state index in [9.17, 15) is 19.7 Å². The van der Waals surface area contributed by atoms with E-state index in [1.807, 2.05) is 54.6 Å². The Hall–Kier alpha value is -4.53. The van der Waals surface area contributed by atoms with Gasteiger partial charge in [-0.25, -0.2) is 4.98 Å². The van der Waals surface area contributed by atoms with Crippen LogP contribution in [0.1, 0.15) is 24.1 Å². The lowest BCUT2D eigenvalue weighted by atomic mass is 9.88. The molecule has 5 rings (SSSR count). The molecule has 1 aliphatic rings. The SMILES string of the molecule is CCOC(=O)[C@@H]1C(=O)N(Cc2ccccc2)c2nc3ccccc3n2[C@@H]1c1ccccc1[N+](=O)[O-]. The van der Waals surface area contributed by atoms with Crippen LogP contribution in [0.5, 0.6) is 0 Å². The molecule has 9 nitrogen and oxygen atoms in total. The molecule has 0 aliphatic carbocycles. The largest absolute Gasteiger partial charge is 0.465 e. The Morgan fingerprint density at radius 1 is 1.03 bits per heavy atom. The van der Waals surface area contributed by atoms with E-state index in [1.165, 1.54) is 11.0 Å². The molecule has 35 heavy (non-hydrogen) atoms. The van der Waals surface area contributed by atoms with Crippen LogP contribution in [-0.2, 0) is 20.9 Å². The van der Waals surface area contributed by atoms with Gasteiger partial charge >= 0.3 is 5.97 Å². The molecule has 0 saturated heterocycles. The molecule has 0 N–H and O–H groups in total. The van der Waals surface area contributed by atoms with Crippen LogP contribution in [0.4, 0.5) is 11.6 Å². The second-order valence-electron chi connectivity index (χ2n) is 8.17. The number of nitrogens with zero attached hydrogens (tertiary/aromatic N) is 4. The number of anilines is 1. The smallest absolute Gasteiger partial charge is 0.321 e. The number of amides is 1. The molecule has 0 bridgehead atoms. The maximum absolute atomic E-state index is 14.0. The van der Waals surface area contributed by atoms with E-state index < -0.39 is 28.8 Å². The first-order chi connectivity index (χ1) is 17.0. The molecule has 2 heterocycles. The highest BCUT2D eigenvalue weighted by atomic mass is 16.6. The van der Waals surface area contributed by atoms with Crippen LogP contribution in [0.15, 0.2) is 78.9 Å². The zero-order valence-electron chi connectivity index (χ0n) is 18.9. The van der Waals surface area contributed by atoms with Gasteiger partial charge in [0.15, 0.2) is 5.92 Å². The lowest BCUT2D eigenvalue weighted by Gasteiger charge is -2.37. The second kappa shape index (κ2) is 9.02. The van der Waals surface area contributed by atoms with Gasteiger partial charge in [-0.05, 0) is 24.6 Å². The number of nitro groups is 1. The number of hydrogen-bond acceptors (Lipinski definition) is 6. The number of aromatic nitrogens is 2. The van der Waals surface area contributed by atoms with Crippen LogP contribution >= 0.6 is 0 Å². The van der Waals surface area contributed by atoms with E-state index in [0.717, 1.165) is 5.56 Å². The zero-order chi connectivity index (χ0) is 24.5. The summed E-state index contributed by atoms with van der Waals surface area (Å²) in [6.07, 6.45) is 0. The summed E-state index contributed by atoms with van der Waals surface area (Å²) in [6.45, 7) is 1.91. The predicted molar refractivity (Wildman–Crippen MR) is 129 cm³/mol. The Balaban J connectivity index is 1.79. The molecular weight excluding hydrogens is 448 g/mol. The van der Waals surface area contributed by atoms with Crippen LogP contribution < -0.4 is 4.90 Å². The molecule has 2 atom stereocenters. The summed E-state index contributed by atoms with van der Waals surface area (Å²) < 4.78 is 7.07. The summed E-state index contributed by atoms with van der Waals surface area (Å²) in [5.41, 5.74) is 2.19. The van der Waals surface area contributed by atoms with Crippen LogP contribution in [0.2, 0.25) is 0 Å². The van der Waals surface area contributed by atoms with Gasteiger partial charge in [0.1, 0.15) is 0 Å². The molecule has 9 heteroatoms. The zero-order valence-corrected chi connectivity index (χ0v) is 18.9. The minimum Gasteiger partial charge on any atom is -0.465 e. The standard InChI is InChI=1S/C26H22N4O5/c1-2-35-25(32)22-23(18-12-6-8-14-20(18)30(33)34)29-21-15-9-7-13-19(21)27-26(29)28(24(22)31)16-17-10-4-3-5-11-17/h3-15,22-23H,2,16H2,1H3/t22-,23+/m0/s1. The number of fused-ring (bicyclic) bond motifs is 3. The lowest BCUT2D eigenvalue weighted by molar-refractivity contribution is -0.385. The molecule has 0 spiro atoms. The van der Waals surface area contributed by atoms with Crippen LogP contribution in [0.25, 0.3) is 11.0 Å². The number of carbonyl (C=O) groups excluding carboxylic acids is 2. The van der Waals surface area contributed by atoms with Crippen LogP contribution in [0.3, 0.4) is 0 Å². The topological polar surface area (TPSA) is 108 Å². The van der Waals surface area contributed by atoms with Crippen molar-refractivity contribution in [3.05, 3.63) is 100 Å². The molecule has 0 radical (unpaired) electrons. The van der Waals surface area contributed by atoms with E-state index in [4.69, 9.17) is 9.72 Å². The van der Waals surface area contributed by atoms with E-state index in [0.29, 0.717) is 17.0 Å². The first-order valence-electron chi connectivity index (χ1n) is 11.2. The van der Waals surface area contributed by atoms with E-state index >= 15 is 0 Å². The number of para-hydroxylation sites is 3. The first-order valence-corrected chi connectivity index (χ1v) is 11.2. The van der Waals surface area contributed by atoms with Crippen molar-refractivity contribution < 1.29 is 19.2 Å². The van der Waals surface area contributed by atoms with Crippen LogP contribution in [0, 0.1) is 16.0 Å². The Kier molecular flexibility index (Phi) is 5.74. The van der Waals surface area contributed by atoms with Crippen molar-refractivity contribution in [2.24, 2.45) is 5.92 Å². The number of carbonyl (C=O) groups is 2. The van der Waals surface area contributed by atoms with Crippen molar-refractivity contribution in [3.8, 4) is 0 Å². The maximum Gasteiger partial charge on any atom is 0.321 e. The maximum atomic E-state index is 14.0. The fourth-order valence-corrected chi connectivity index (χ4v) is 4.65. The number of nitro benzene ring substituents is 1. The Morgan fingerprint density at radius 3 is 2.46 bits per heavy atom. The molecule has 4 aromatic rings. The van der Waals surface area contributed by atoms with Crippen molar-refractivity contribution in [1.82, 2.24) is 9.55 Å². The number of ether oxygens (including phenoxy) is 1. The second-order valence-corrected chi connectivity index (χ2v) is 8.17. The third kappa shape index (κ3) is 3.80. The van der Waals surface area contributed by atoms with E-state index in [2.05, 4.69) is 0 Å². The highest BCUT2D eigenvalue weighted by molar-refractivity contribution is 6.08. The lowest BCUT2D eigenvalue weighted by Crippen LogP contribution is -2.49. The van der Waals surface area contributed by atoms with Crippen molar-refractivity contribution in [1.29, 1.82) is 0 Å². The van der Waals surface area contributed by atoms with Gasteiger partial charge in [0.05, 0.1) is 40.7 Å². The van der Waals surface area contributed by atoms with Gasteiger partial charge in [-0.15, -0.1) is 0 Å². The molecule has 0 fully saturated rings. The number of esters is 1. The number of rotatable bonds is 6. The number of benzene rings is 3. The predicted octanol–water partition coefficient (Wildman–Crippen LogP) is 4.26. The number of hydrogen-bond donors (Lipinski definition) is 0. The Labute approximate surface area is 200 Å². The summed E-state index contributed by atoms with van der Waals surface area (Å²) in [7, 11) is 0. The number of imidazole rings is 1. The average Bonchev–Trinajstić information content (AvgIpc) is 3.25. The summed E-state index contributed by atoms with van der Waals surface area (Å²) in [5.74, 6) is -2.26. The summed E-state index contributed by atoms with van der Waals surface area (Å²) >= 11 is 0. The molecule has 1 aliphatic heterocycles. The minimum absolute atomic E-state index is 0.0719. The summed E-state index contributed by atoms with van der Waals surface area (Å²) in [5, 5.41) is 11.9. The van der Waals surface area contributed by atoms with Crippen molar-refractivity contribution >= 4 is 34.5 Å². The molecule has 176 valence electrons. The summed E-state index contributed by atoms with van der Waals surface area (Å²) in [4.78, 5) is 44.8. The molecule has 1 amide bonds. The quantitative estimate of drug-likeness (QED) is 0.180. The average molecular weight is 470 g/mol. The summed E-state index contributed by atoms with van der Waals surface area (Å²) in [6, 6.07) is 21.8. The molecule has 1 aromatic heterocycles. The third-order valence-electron chi connectivity index (χ3n) is 6.12. The van der Waals surface area contributed by atoms with Gasteiger partial charge in [-0.3, -0.25) is 24.6 Å². The normalized spacial score (nSPS) is 17.3. The van der Waals surface area contributed by atoms with Gasteiger partial charge < -0.3 is 9.30 Å². The highest BCUT2D eigenvalue weighted by Crippen LogP contribution is 2.44. The molecule has 0 unspecified atom stereocenters. The van der Waals surface area contributed by atoms with Crippen molar-refractivity contribution in [2.45, 2.75) is 19.5 Å². The van der Waals surface area contributed by atoms with Crippen molar-refractivity contribution in [2.75, 3.05) is 11.5 Å². The highest BCUT2D eigenvalue weighted by Gasteiger charge is 2.49. The van der Waals surface area contributed by atoms with Crippen molar-refractivity contribution in [3.63, 3.8) is 0 Å².